The Balaban J connectivity index is 1.79. The summed E-state index contributed by atoms with van der Waals surface area (Å²) in [7, 11) is 3.19. The number of carbonyl (C=O) groups excluding carboxylic acids is 2. The highest BCUT2D eigenvalue weighted by molar-refractivity contribution is 6.09. The van der Waals surface area contributed by atoms with Crippen LogP contribution in [-0.4, -0.2) is 61.8 Å². The maximum atomic E-state index is 13.1. The summed E-state index contributed by atoms with van der Waals surface area (Å²) >= 11 is 0. The monoisotopic (exact) mass is 481 g/mol. The van der Waals surface area contributed by atoms with Crippen molar-refractivity contribution < 1.29 is 23.1 Å². The van der Waals surface area contributed by atoms with Crippen LogP contribution < -0.4 is 10.1 Å². The minimum Gasteiger partial charge on any atom is -0.434 e. The third kappa shape index (κ3) is 5.00. The minimum atomic E-state index is -3.08. The molecule has 3 heterocycles. The number of nitrogens with one attached hydrogen (secondary N) is 1. The van der Waals surface area contributed by atoms with Crippen LogP contribution in [0.5, 0.6) is 5.75 Å². The zero-order valence-electron chi connectivity index (χ0n) is 18.9. The first-order chi connectivity index (χ1) is 16.8. The van der Waals surface area contributed by atoms with Crippen LogP contribution in [0.3, 0.4) is 0 Å². The fraction of sp³-hybridized carbons (Fsp3) is 0.174. The summed E-state index contributed by atoms with van der Waals surface area (Å²) in [5.41, 5.74) is 1.64. The molecule has 180 valence electrons. The van der Waals surface area contributed by atoms with E-state index in [1.54, 1.807) is 38.5 Å². The number of nitrogens with zero attached hydrogens (tertiary/aromatic N) is 6. The zero-order valence-corrected chi connectivity index (χ0v) is 18.9. The van der Waals surface area contributed by atoms with Crippen LogP contribution >= 0.6 is 0 Å². The van der Waals surface area contributed by atoms with Gasteiger partial charge in [-0.15, -0.1) is 0 Å². The number of fused-ring (bicyclic) bond motifs is 1. The Morgan fingerprint density at radius 2 is 2.11 bits per heavy atom. The average molecular weight is 481 g/mol. The standard InChI is InChI=1S/C23H21F2N7O3/c1-4-14-6-7-18(35-23(24)25)15(10-14)20-17(12-31(29-20)13-19(33)30(2)3)28-22(34)16-11-27-32-9-5-8-26-21(16)32/h4-12,23H,1,13H2,2-3H3,(H,28,34). The molecule has 0 aliphatic heterocycles. The fourth-order valence-electron chi connectivity index (χ4n) is 3.31. The van der Waals surface area contributed by atoms with E-state index in [1.807, 2.05) is 0 Å². The smallest absolute Gasteiger partial charge is 0.387 e. The van der Waals surface area contributed by atoms with E-state index in [1.165, 1.54) is 44.8 Å². The number of carbonyl (C=O) groups is 2. The van der Waals surface area contributed by atoms with Crippen LogP contribution in [0.25, 0.3) is 23.0 Å². The molecule has 10 nitrogen and oxygen atoms in total. The summed E-state index contributed by atoms with van der Waals surface area (Å²) in [5, 5.41) is 11.2. The Bertz CT molecular complexity index is 1410. The highest BCUT2D eigenvalue weighted by atomic mass is 19.3. The van der Waals surface area contributed by atoms with Gasteiger partial charge in [0, 0.05) is 38.2 Å². The van der Waals surface area contributed by atoms with Crippen LogP contribution in [0.1, 0.15) is 15.9 Å². The number of anilines is 1. The van der Waals surface area contributed by atoms with Gasteiger partial charge in [-0.2, -0.15) is 19.0 Å². The molecule has 2 amide bonds. The summed E-state index contributed by atoms with van der Waals surface area (Å²) in [4.78, 5) is 30.9. The summed E-state index contributed by atoms with van der Waals surface area (Å²) in [5.74, 6) is -0.953. The molecule has 0 radical (unpaired) electrons. The molecule has 0 fully saturated rings. The number of halogens is 2. The number of amides is 2. The van der Waals surface area contributed by atoms with Crippen LogP contribution in [0, 0.1) is 0 Å². The van der Waals surface area contributed by atoms with Crippen LogP contribution in [0.4, 0.5) is 14.5 Å². The molecule has 35 heavy (non-hydrogen) atoms. The predicted molar refractivity (Wildman–Crippen MR) is 124 cm³/mol. The molecule has 3 aromatic heterocycles. The molecular weight excluding hydrogens is 460 g/mol. The number of aromatic nitrogens is 5. The van der Waals surface area contributed by atoms with E-state index >= 15 is 0 Å². The van der Waals surface area contributed by atoms with E-state index in [-0.39, 0.29) is 40.7 Å². The Morgan fingerprint density at radius 1 is 1.31 bits per heavy atom. The molecule has 1 aromatic carbocycles. The lowest BCUT2D eigenvalue weighted by atomic mass is 10.1. The van der Waals surface area contributed by atoms with Gasteiger partial charge in [-0.3, -0.25) is 14.3 Å². The van der Waals surface area contributed by atoms with Crippen molar-refractivity contribution in [2.24, 2.45) is 0 Å². The lowest BCUT2D eigenvalue weighted by molar-refractivity contribution is -0.129. The van der Waals surface area contributed by atoms with Gasteiger partial charge in [-0.25, -0.2) is 9.50 Å². The second-order valence-electron chi connectivity index (χ2n) is 7.62. The second kappa shape index (κ2) is 9.71. The second-order valence-corrected chi connectivity index (χ2v) is 7.62. The topological polar surface area (TPSA) is 107 Å². The quantitative estimate of drug-likeness (QED) is 0.414. The van der Waals surface area contributed by atoms with Gasteiger partial charge >= 0.3 is 6.61 Å². The summed E-state index contributed by atoms with van der Waals surface area (Å²) in [6.45, 7) is 0.485. The van der Waals surface area contributed by atoms with Gasteiger partial charge < -0.3 is 15.0 Å². The Morgan fingerprint density at radius 3 is 2.83 bits per heavy atom. The van der Waals surface area contributed by atoms with E-state index in [4.69, 9.17) is 0 Å². The van der Waals surface area contributed by atoms with Crippen molar-refractivity contribution in [1.82, 2.24) is 29.3 Å². The molecule has 0 saturated heterocycles. The third-order valence-corrected chi connectivity index (χ3v) is 5.04. The van der Waals surface area contributed by atoms with Crippen LogP contribution in [-0.2, 0) is 11.3 Å². The van der Waals surface area contributed by atoms with Crippen molar-refractivity contribution in [2.45, 2.75) is 13.2 Å². The van der Waals surface area contributed by atoms with Gasteiger partial charge in [0.2, 0.25) is 5.91 Å². The average Bonchev–Trinajstić information content (AvgIpc) is 3.43. The molecule has 0 spiro atoms. The number of hydrogen-bond acceptors (Lipinski definition) is 6. The molecule has 4 rings (SSSR count). The molecule has 0 saturated carbocycles. The molecular formula is C23H21F2N7O3. The first-order valence-electron chi connectivity index (χ1n) is 10.4. The molecule has 4 aromatic rings. The molecule has 0 bridgehead atoms. The Labute approximate surface area is 198 Å². The number of rotatable bonds is 8. The first-order valence-corrected chi connectivity index (χ1v) is 10.4. The van der Waals surface area contributed by atoms with Crippen molar-refractivity contribution in [3.8, 4) is 17.0 Å². The normalized spacial score (nSPS) is 11.0. The zero-order chi connectivity index (χ0) is 25.1. The number of ether oxygens (including phenoxy) is 1. The number of benzene rings is 1. The summed E-state index contributed by atoms with van der Waals surface area (Å²) in [6, 6.07) is 6.15. The lowest BCUT2D eigenvalue weighted by Gasteiger charge is -2.12. The van der Waals surface area contributed by atoms with Crippen molar-refractivity contribution >= 4 is 29.2 Å². The van der Waals surface area contributed by atoms with Gasteiger partial charge in [-0.1, -0.05) is 18.7 Å². The molecule has 0 aliphatic carbocycles. The Kier molecular flexibility index (Phi) is 6.53. The molecule has 1 N–H and O–H groups in total. The van der Waals surface area contributed by atoms with Crippen molar-refractivity contribution in [2.75, 3.05) is 19.4 Å². The Hall–Kier alpha value is -4.61. The first kappa shape index (κ1) is 23.5. The number of hydrogen-bond donors (Lipinski definition) is 1. The number of likely N-dealkylation sites (N-methyl/N-ethyl adjacent to an activating group) is 1. The van der Waals surface area contributed by atoms with Crippen LogP contribution in [0.2, 0.25) is 0 Å². The van der Waals surface area contributed by atoms with Crippen LogP contribution in [0.15, 0.2) is 55.6 Å². The summed E-state index contributed by atoms with van der Waals surface area (Å²) < 4.78 is 33.7. The van der Waals surface area contributed by atoms with Gasteiger partial charge in [0.25, 0.3) is 5.91 Å². The van der Waals surface area contributed by atoms with E-state index in [0.717, 1.165) is 0 Å². The predicted octanol–water partition coefficient (Wildman–Crippen LogP) is 3.18. The van der Waals surface area contributed by atoms with E-state index < -0.39 is 12.5 Å². The maximum Gasteiger partial charge on any atom is 0.387 e. The SMILES string of the molecule is C=Cc1ccc(OC(F)F)c(-c2nn(CC(=O)N(C)C)cc2NC(=O)c2cnn3cccnc23)c1. The van der Waals surface area contributed by atoms with E-state index in [9.17, 15) is 18.4 Å². The lowest BCUT2D eigenvalue weighted by Crippen LogP contribution is -2.26. The highest BCUT2D eigenvalue weighted by Crippen LogP contribution is 2.36. The van der Waals surface area contributed by atoms with Gasteiger partial charge in [-0.05, 0) is 23.8 Å². The van der Waals surface area contributed by atoms with Gasteiger partial charge in [0.05, 0.1) is 11.9 Å². The molecule has 0 aliphatic rings. The largest absolute Gasteiger partial charge is 0.434 e. The van der Waals surface area contributed by atoms with Crippen molar-refractivity contribution in [3.05, 3.63) is 66.8 Å². The molecule has 0 unspecified atom stereocenters. The maximum absolute atomic E-state index is 13.1. The van der Waals surface area contributed by atoms with Gasteiger partial charge in [0.15, 0.2) is 5.65 Å². The highest BCUT2D eigenvalue weighted by Gasteiger charge is 2.22. The minimum absolute atomic E-state index is 0.133. The molecule has 12 heteroatoms. The molecule has 0 atom stereocenters. The van der Waals surface area contributed by atoms with Crippen molar-refractivity contribution in [1.29, 1.82) is 0 Å². The van der Waals surface area contributed by atoms with Crippen molar-refractivity contribution in [3.63, 3.8) is 0 Å². The summed E-state index contributed by atoms with van der Waals surface area (Å²) in [6.07, 6.45) is 7.51. The van der Waals surface area contributed by atoms with E-state index in [2.05, 4.69) is 31.8 Å². The van der Waals surface area contributed by atoms with Gasteiger partial charge in [0.1, 0.15) is 23.6 Å². The van der Waals surface area contributed by atoms with E-state index in [0.29, 0.717) is 11.2 Å². The number of alkyl halides is 2. The fourth-order valence-corrected chi connectivity index (χ4v) is 3.31. The third-order valence-electron chi connectivity index (χ3n) is 5.04.